The molecule has 10 nitrogen and oxygen atoms in total. The molecule has 0 bridgehead atoms. The Hall–Kier alpha value is -3.47. The van der Waals surface area contributed by atoms with Gasteiger partial charge in [0.05, 0.1) is 17.9 Å². The van der Waals surface area contributed by atoms with Crippen molar-refractivity contribution in [2.75, 3.05) is 34.3 Å². The Morgan fingerprint density at radius 2 is 1.90 bits per heavy atom. The summed E-state index contributed by atoms with van der Waals surface area (Å²) < 4.78 is 27.0. The number of aromatic nitrogens is 4. The van der Waals surface area contributed by atoms with Crippen LogP contribution in [0.4, 0.5) is 17.2 Å². The van der Waals surface area contributed by atoms with Crippen LogP contribution in [0.3, 0.4) is 0 Å². The zero-order chi connectivity index (χ0) is 21.8. The fourth-order valence-corrected chi connectivity index (χ4v) is 4.09. The molecule has 11 heteroatoms. The summed E-state index contributed by atoms with van der Waals surface area (Å²) in [6.45, 7) is 1.34. The first-order valence-corrected chi connectivity index (χ1v) is 11.7. The van der Waals surface area contributed by atoms with Crippen molar-refractivity contribution in [1.29, 1.82) is 0 Å². The van der Waals surface area contributed by atoms with Crippen LogP contribution < -0.4 is 14.9 Å². The van der Waals surface area contributed by atoms with Crippen LogP contribution in [0.25, 0.3) is 5.82 Å². The molecule has 1 fully saturated rings. The number of nitrogens with one attached hydrogen (secondary N) is 2. The van der Waals surface area contributed by atoms with E-state index < -0.39 is 10.0 Å². The Labute approximate surface area is 180 Å². The van der Waals surface area contributed by atoms with Crippen LogP contribution in [0.1, 0.15) is 12.8 Å². The summed E-state index contributed by atoms with van der Waals surface area (Å²) in [7, 11) is -3.39. The Morgan fingerprint density at radius 3 is 2.61 bits per heavy atom. The first kappa shape index (κ1) is 20.8. The first-order chi connectivity index (χ1) is 14.9. The quantitative estimate of drug-likeness (QED) is 0.599. The van der Waals surface area contributed by atoms with Gasteiger partial charge in [-0.1, -0.05) is 6.07 Å². The summed E-state index contributed by atoms with van der Waals surface area (Å²) in [5, 5.41) is 11.5. The highest BCUT2D eigenvalue weighted by atomic mass is 32.2. The molecule has 3 heterocycles. The lowest BCUT2D eigenvalue weighted by atomic mass is 9.97. The van der Waals surface area contributed by atoms with Crippen LogP contribution in [0.5, 0.6) is 0 Å². The van der Waals surface area contributed by atoms with E-state index >= 15 is 0 Å². The standard InChI is InChI=1S/C20H23N7O3S/c1-31(29,30)25-17-6-2-5-16(12-17)22-20(28)15-4-3-10-26(13-15)18-7-8-19(24-23-18)27-11-9-21-14-27/h2,5-9,11-12,14-15,25H,3-4,10,13H2,1H3,(H,22,28)/t15-/m1/s1. The van der Waals surface area contributed by atoms with Gasteiger partial charge < -0.3 is 10.2 Å². The average molecular weight is 442 g/mol. The Morgan fingerprint density at radius 1 is 1.13 bits per heavy atom. The summed E-state index contributed by atoms with van der Waals surface area (Å²) in [4.78, 5) is 18.9. The van der Waals surface area contributed by atoms with E-state index in [1.54, 1.807) is 47.6 Å². The van der Waals surface area contributed by atoms with Gasteiger partial charge in [-0.3, -0.25) is 14.1 Å². The number of sulfonamides is 1. The molecule has 1 aromatic carbocycles. The lowest BCUT2D eigenvalue weighted by molar-refractivity contribution is -0.120. The highest BCUT2D eigenvalue weighted by Crippen LogP contribution is 2.24. The summed E-state index contributed by atoms with van der Waals surface area (Å²) in [6.07, 6.45) is 7.84. The second kappa shape index (κ2) is 8.72. The van der Waals surface area contributed by atoms with Gasteiger partial charge in [0.15, 0.2) is 11.6 Å². The maximum atomic E-state index is 12.8. The molecule has 4 rings (SSSR count). The summed E-state index contributed by atoms with van der Waals surface area (Å²) in [6, 6.07) is 10.4. The highest BCUT2D eigenvalue weighted by Gasteiger charge is 2.27. The second-order valence-electron chi connectivity index (χ2n) is 7.45. The molecule has 1 aliphatic heterocycles. The fraction of sp³-hybridized carbons (Fsp3) is 0.300. The van der Waals surface area contributed by atoms with Crippen molar-refractivity contribution in [3.63, 3.8) is 0 Å². The zero-order valence-electron chi connectivity index (χ0n) is 17.0. The maximum Gasteiger partial charge on any atom is 0.229 e. The van der Waals surface area contributed by atoms with Crippen molar-refractivity contribution in [2.24, 2.45) is 5.92 Å². The van der Waals surface area contributed by atoms with Gasteiger partial charge in [-0.15, -0.1) is 10.2 Å². The molecule has 2 aromatic heterocycles. The fourth-order valence-electron chi connectivity index (χ4n) is 3.54. The van der Waals surface area contributed by atoms with Crippen molar-refractivity contribution in [1.82, 2.24) is 19.7 Å². The van der Waals surface area contributed by atoms with Gasteiger partial charge in [0, 0.05) is 31.2 Å². The van der Waals surface area contributed by atoms with Crippen LogP contribution in [0.15, 0.2) is 55.1 Å². The normalized spacial score (nSPS) is 16.7. The van der Waals surface area contributed by atoms with Gasteiger partial charge in [0.2, 0.25) is 15.9 Å². The van der Waals surface area contributed by atoms with Crippen molar-refractivity contribution in [2.45, 2.75) is 12.8 Å². The van der Waals surface area contributed by atoms with E-state index in [2.05, 4.69) is 30.1 Å². The molecule has 2 N–H and O–H groups in total. The number of hydrogen-bond acceptors (Lipinski definition) is 7. The third-order valence-electron chi connectivity index (χ3n) is 4.95. The molecule has 0 spiro atoms. The van der Waals surface area contributed by atoms with Crippen LogP contribution in [0, 0.1) is 5.92 Å². The van der Waals surface area contributed by atoms with Gasteiger partial charge >= 0.3 is 0 Å². The molecule has 162 valence electrons. The summed E-state index contributed by atoms with van der Waals surface area (Å²) >= 11 is 0. The third-order valence-corrected chi connectivity index (χ3v) is 5.56. The predicted molar refractivity (Wildman–Crippen MR) is 118 cm³/mol. The van der Waals surface area contributed by atoms with E-state index in [4.69, 9.17) is 0 Å². The topological polar surface area (TPSA) is 122 Å². The van der Waals surface area contributed by atoms with Crippen molar-refractivity contribution < 1.29 is 13.2 Å². The van der Waals surface area contributed by atoms with Crippen LogP contribution in [-0.2, 0) is 14.8 Å². The lowest BCUT2D eigenvalue weighted by Gasteiger charge is -2.32. The SMILES string of the molecule is CS(=O)(=O)Nc1cccc(NC(=O)[C@@H]2CCCN(c3ccc(-n4ccnc4)nn3)C2)c1. The lowest BCUT2D eigenvalue weighted by Crippen LogP contribution is -2.41. The minimum absolute atomic E-state index is 0.107. The minimum atomic E-state index is -3.39. The van der Waals surface area contributed by atoms with E-state index in [9.17, 15) is 13.2 Å². The second-order valence-corrected chi connectivity index (χ2v) is 9.20. The number of nitrogens with zero attached hydrogens (tertiary/aromatic N) is 5. The summed E-state index contributed by atoms with van der Waals surface area (Å²) in [5.74, 6) is 1.08. The van der Waals surface area contributed by atoms with E-state index in [1.165, 1.54) is 0 Å². The molecule has 1 saturated heterocycles. The number of anilines is 3. The number of carbonyl (C=O) groups excluding carboxylic acids is 1. The van der Waals surface area contributed by atoms with Crippen LogP contribution in [-0.4, -0.2) is 53.4 Å². The molecule has 1 amide bonds. The Bertz CT molecular complexity index is 1150. The number of piperidine rings is 1. The number of imidazole rings is 1. The Kier molecular flexibility index (Phi) is 5.85. The molecular formula is C20H23N7O3S. The van der Waals surface area contributed by atoms with E-state index in [1.807, 2.05) is 12.1 Å². The third kappa shape index (κ3) is 5.37. The van der Waals surface area contributed by atoms with Crippen molar-refractivity contribution in [3.8, 4) is 5.82 Å². The van der Waals surface area contributed by atoms with E-state index in [-0.39, 0.29) is 11.8 Å². The minimum Gasteiger partial charge on any atom is -0.354 e. The number of hydrogen-bond donors (Lipinski definition) is 2. The molecule has 1 atom stereocenters. The van der Waals surface area contributed by atoms with Gasteiger partial charge in [-0.05, 0) is 43.2 Å². The molecule has 3 aromatic rings. The van der Waals surface area contributed by atoms with Crippen LogP contribution in [0.2, 0.25) is 0 Å². The van der Waals surface area contributed by atoms with Crippen molar-refractivity contribution in [3.05, 3.63) is 55.1 Å². The molecule has 0 saturated carbocycles. The largest absolute Gasteiger partial charge is 0.354 e. The number of amides is 1. The molecule has 31 heavy (non-hydrogen) atoms. The molecule has 0 radical (unpaired) electrons. The van der Waals surface area contributed by atoms with E-state index in [0.717, 1.165) is 31.5 Å². The van der Waals surface area contributed by atoms with Gasteiger partial charge in [0.1, 0.15) is 6.33 Å². The molecule has 1 aliphatic rings. The zero-order valence-corrected chi connectivity index (χ0v) is 17.8. The summed E-state index contributed by atoms with van der Waals surface area (Å²) in [5.41, 5.74) is 0.944. The number of benzene rings is 1. The molecule has 0 aliphatic carbocycles. The van der Waals surface area contributed by atoms with Crippen LogP contribution >= 0.6 is 0 Å². The predicted octanol–water partition coefficient (Wildman–Crippen LogP) is 1.89. The number of rotatable bonds is 6. The monoisotopic (exact) mass is 441 g/mol. The Balaban J connectivity index is 1.40. The average Bonchev–Trinajstić information content (AvgIpc) is 3.28. The van der Waals surface area contributed by atoms with Gasteiger partial charge in [0.25, 0.3) is 0 Å². The molecule has 0 unspecified atom stereocenters. The molecular weight excluding hydrogens is 418 g/mol. The highest BCUT2D eigenvalue weighted by molar-refractivity contribution is 7.92. The van der Waals surface area contributed by atoms with Crippen molar-refractivity contribution >= 4 is 33.1 Å². The maximum absolute atomic E-state index is 12.8. The number of carbonyl (C=O) groups is 1. The van der Waals surface area contributed by atoms with Gasteiger partial charge in [-0.25, -0.2) is 13.4 Å². The van der Waals surface area contributed by atoms with Gasteiger partial charge in [-0.2, -0.15) is 0 Å². The smallest absolute Gasteiger partial charge is 0.229 e. The first-order valence-electron chi connectivity index (χ1n) is 9.83. The van der Waals surface area contributed by atoms with E-state index in [0.29, 0.717) is 23.7 Å².